The Morgan fingerprint density at radius 2 is 1.96 bits per heavy atom. The highest BCUT2D eigenvalue weighted by Crippen LogP contribution is 2.65. The first-order chi connectivity index (χ1) is 11.5. The highest BCUT2D eigenvalue weighted by molar-refractivity contribution is 8.00. The molecule has 4 aliphatic rings. The minimum Gasteiger partial charge on any atom is -0.303 e. The van der Waals surface area contributed by atoms with Gasteiger partial charge in [0.05, 0.1) is 0 Å². The van der Waals surface area contributed by atoms with Gasteiger partial charge in [0.2, 0.25) is 0 Å². The van der Waals surface area contributed by atoms with Crippen molar-refractivity contribution in [1.29, 1.82) is 0 Å². The van der Waals surface area contributed by atoms with Gasteiger partial charge in [-0.05, 0) is 61.5 Å². The first kappa shape index (κ1) is 18.3. The highest BCUT2D eigenvalue weighted by atomic mass is 32.2. The summed E-state index contributed by atoms with van der Waals surface area (Å²) in [5, 5.41) is 0.768. The largest absolute Gasteiger partial charge is 0.303 e. The van der Waals surface area contributed by atoms with Crippen LogP contribution in [0.3, 0.4) is 0 Å². The molecule has 1 aliphatic heterocycles. The van der Waals surface area contributed by atoms with E-state index in [0.717, 1.165) is 23.5 Å². The van der Waals surface area contributed by atoms with Gasteiger partial charge in [-0.1, -0.05) is 51.5 Å². The molecule has 6 unspecified atom stereocenters. The summed E-state index contributed by atoms with van der Waals surface area (Å²) in [7, 11) is 0. The van der Waals surface area contributed by atoms with E-state index in [1.165, 1.54) is 49.7 Å². The van der Waals surface area contributed by atoms with Crippen molar-refractivity contribution in [3.05, 3.63) is 23.8 Å². The predicted octanol–water partition coefficient (Wildman–Crippen LogP) is 6.05. The molecule has 134 valence electrons. The van der Waals surface area contributed by atoms with E-state index in [9.17, 15) is 4.79 Å². The van der Waals surface area contributed by atoms with Crippen LogP contribution < -0.4 is 0 Å². The molecule has 0 bridgehead atoms. The molecule has 24 heavy (non-hydrogen) atoms. The lowest BCUT2D eigenvalue weighted by atomic mass is 9.56. The summed E-state index contributed by atoms with van der Waals surface area (Å²) in [5.41, 5.74) is 3.66. The number of allylic oxidation sites excluding steroid dienone is 3. The number of carbonyl (C=O) groups excluding carboxylic acids is 1. The van der Waals surface area contributed by atoms with Crippen LogP contribution in [0, 0.1) is 28.6 Å². The molecule has 3 aliphatic carbocycles. The molecule has 0 N–H and O–H groups in total. The van der Waals surface area contributed by atoms with Crippen LogP contribution in [0.2, 0.25) is 0 Å². The van der Waals surface area contributed by atoms with Crippen molar-refractivity contribution in [2.75, 3.05) is 5.75 Å². The highest BCUT2D eigenvalue weighted by Gasteiger charge is 2.59. The number of thioether (sulfide) groups is 1. The molecule has 1 nitrogen and oxygen atoms in total. The molecule has 2 saturated carbocycles. The van der Waals surface area contributed by atoms with Gasteiger partial charge in [-0.15, -0.1) is 0 Å². The summed E-state index contributed by atoms with van der Waals surface area (Å²) in [4.78, 5) is 11.5. The third kappa shape index (κ3) is 2.55. The maximum atomic E-state index is 11.5. The van der Waals surface area contributed by atoms with Crippen LogP contribution in [-0.4, -0.2) is 17.3 Å². The fourth-order valence-corrected chi connectivity index (χ4v) is 8.29. The third-order valence-corrected chi connectivity index (χ3v) is 9.60. The van der Waals surface area contributed by atoms with Gasteiger partial charge in [0, 0.05) is 16.6 Å². The summed E-state index contributed by atoms with van der Waals surface area (Å²) in [6, 6.07) is 0. The Bertz CT molecular complexity index is 550. The van der Waals surface area contributed by atoms with E-state index < -0.39 is 0 Å². The average Bonchev–Trinajstić information content (AvgIpc) is 2.93. The molecular weight excluding hydrogens is 312 g/mol. The van der Waals surface area contributed by atoms with Crippen LogP contribution >= 0.6 is 11.8 Å². The Balaban J connectivity index is 0.000000815. The second-order valence-corrected chi connectivity index (χ2v) is 9.74. The molecule has 4 rings (SSSR count). The van der Waals surface area contributed by atoms with Gasteiger partial charge in [0.25, 0.3) is 0 Å². The second-order valence-electron chi connectivity index (χ2n) is 8.61. The van der Waals surface area contributed by atoms with Crippen LogP contribution in [0.1, 0.15) is 66.2 Å². The van der Waals surface area contributed by atoms with E-state index in [4.69, 9.17) is 0 Å². The van der Waals surface area contributed by atoms with Crippen molar-refractivity contribution < 1.29 is 4.79 Å². The Hall–Kier alpha value is -0.500. The Morgan fingerprint density at radius 1 is 1.21 bits per heavy atom. The average molecular weight is 347 g/mol. The minimum absolute atomic E-state index is 0.267. The van der Waals surface area contributed by atoms with Crippen LogP contribution in [-0.2, 0) is 4.79 Å². The van der Waals surface area contributed by atoms with Gasteiger partial charge >= 0.3 is 0 Å². The zero-order chi connectivity index (χ0) is 17.5. The van der Waals surface area contributed by atoms with Gasteiger partial charge in [-0.2, -0.15) is 11.8 Å². The van der Waals surface area contributed by atoms with E-state index in [2.05, 4.69) is 38.3 Å². The van der Waals surface area contributed by atoms with E-state index >= 15 is 0 Å². The van der Waals surface area contributed by atoms with Crippen molar-refractivity contribution >= 4 is 18.0 Å². The topological polar surface area (TPSA) is 17.1 Å². The van der Waals surface area contributed by atoms with Crippen molar-refractivity contribution in [2.45, 2.75) is 71.5 Å². The van der Waals surface area contributed by atoms with Crippen LogP contribution in [0.25, 0.3) is 0 Å². The summed E-state index contributed by atoms with van der Waals surface area (Å²) in [6.45, 7) is 13.1. The zero-order valence-electron chi connectivity index (χ0n) is 15.9. The number of hydrogen-bond donors (Lipinski definition) is 0. The van der Waals surface area contributed by atoms with Gasteiger partial charge < -0.3 is 4.79 Å². The second kappa shape index (κ2) is 6.67. The lowest BCUT2D eigenvalue weighted by molar-refractivity contribution is -0.114. The number of hydrogen-bond acceptors (Lipinski definition) is 2. The summed E-state index contributed by atoms with van der Waals surface area (Å²) in [5.74, 6) is 3.09. The molecule has 0 aromatic rings. The molecule has 0 spiro atoms. The Kier molecular flexibility index (Phi) is 5.08. The lowest BCUT2D eigenvalue weighted by Gasteiger charge is -2.57. The molecule has 1 heterocycles. The fraction of sp³-hybridized carbons (Fsp3) is 0.773. The number of fused-ring (bicyclic) bond motifs is 5. The van der Waals surface area contributed by atoms with E-state index in [-0.39, 0.29) is 5.41 Å². The molecule has 0 radical (unpaired) electrons. The fourth-order valence-electron chi connectivity index (χ4n) is 6.12. The van der Waals surface area contributed by atoms with E-state index in [0.29, 0.717) is 11.3 Å². The van der Waals surface area contributed by atoms with Gasteiger partial charge in [0.15, 0.2) is 0 Å². The number of aldehydes is 1. The minimum atomic E-state index is 0.267. The van der Waals surface area contributed by atoms with Crippen LogP contribution in [0.15, 0.2) is 23.8 Å². The number of rotatable bonds is 1. The maximum Gasteiger partial charge on any atom is 0.123 e. The number of carbonyl (C=O) groups is 1. The Labute approximate surface area is 152 Å². The van der Waals surface area contributed by atoms with E-state index in [1.807, 2.05) is 13.8 Å². The third-order valence-electron chi connectivity index (χ3n) is 7.58. The Morgan fingerprint density at radius 3 is 2.67 bits per heavy atom. The van der Waals surface area contributed by atoms with Gasteiger partial charge in [-0.25, -0.2) is 0 Å². The molecule has 0 aromatic carbocycles. The first-order valence-corrected chi connectivity index (χ1v) is 11.0. The summed E-state index contributed by atoms with van der Waals surface area (Å²) < 4.78 is 0. The molecular formula is C22H34OS. The maximum absolute atomic E-state index is 11.5. The van der Waals surface area contributed by atoms with Crippen LogP contribution in [0.4, 0.5) is 0 Å². The van der Waals surface area contributed by atoms with E-state index in [1.54, 1.807) is 5.57 Å². The molecule has 3 fully saturated rings. The van der Waals surface area contributed by atoms with Gasteiger partial charge in [0.1, 0.15) is 6.29 Å². The van der Waals surface area contributed by atoms with Crippen molar-refractivity contribution in [2.24, 2.45) is 28.6 Å². The summed E-state index contributed by atoms with van der Waals surface area (Å²) >= 11 is 2.20. The van der Waals surface area contributed by atoms with Crippen molar-refractivity contribution in [3.63, 3.8) is 0 Å². The SMILES string of the molecule is C=C1C=C2CCC3C(SCC4(C)C(C=O)CCC34)C2(C)CC1.CC. The molecule has 6 atom stereocenters. The lowest BCUT2D eigenvalue weighted by Crippen LogP contribution is -2.52. The smallest absolute Gasteiger partial charge is 0.123 e. The van der Waals surface area contributed by atoms with Crippen molar-refractivity contribution in [3.8, 4) is 0 Å². The van der Waals surface area contributed by atoms with Gasteiger partial charge in [-0.3, -0.25) is 0 Å². The molecule has 2 heteroatoms. The molecule has 0 amide bonds. The molecule has 0 aromatic heterocycles. The quantitative estimate of drug-likeness (QED) is 0.537. The standard InChI is InChI=1S/C20H28OS.C2H6/c1-13-8-9-19(2)14(10-13)4-6-16-17-7-5-15(11-21)20(17,3)12-22-18(16)19;1-2/h10-11,15-18H,1,4-9,12H2,2-3H3;1-2H3. The van der Waals surface area contributed by atoms with Crippen molar-refractivity contribution in [1.82, 2.24) is 0 Å². The summed E-state index contributed by atoms with van der Waals surface area (Å²) in [6.07, 6.45) is 11.1. The monoisotopic (exact) mass is 346 g/mol. The molecule has 1 saturated heterocycles. The predicted molar refractivity (Wildman–Crippen MR) is 105 cm³/mol. The first-order valence-electron chi connectivity index (χ1n) is 9.95. The zero-order valence-corrected chi connectivity index (χ0v) is 16.8. The van der Waals surface area contributed by atoms with Crippen LogP contribution in [0.5, 0.6) is 0 Å². The normalized spacial score (nSPS) is 46.7.